The maximum Gasteiger partial charge on any atom is 0.435 e. The van der Waals surface area contributed by atoms with Gasteiger partial charge in [0.05, 0.1) is 0 Å². The van der Waals surface area contributed by atoms with Crippen molar-refractivity contribution in [1.82, 2.24) is 9.78 Å². The van der Waals surface area contributed by atoms with Crippen molar-refractivity contribution in [3.63, 3.8) is 0 Å². The fraction of sp³-hybridized carbons (Fsp3) is 0.667. The van der Waals surface area contributed by atoms with Crippen LogP contribution in [0.1, 0.15) is 46.5 Å². The molecule has 0 aliphatic heterocycles. The minimum Gasteiger partial charge on any atom is -0.469 e. The Hall–Kier alpha value is -1.85. The Bertz CT molecular complexity index is 510. The highest BCUT2D eigenvalue weighted by molar-refractivity contribution is 5.82. The zero-order valence-corrected chi connectivity index (χ0v) is 12.8. The largest absolute Gasteiger partial charge is 0.469 e. The fourth-order valence-electron chi connectivity index (χ4n) is 2.31. The predicted octanol–water partition coefficient (Wildman–Crippen LogP) is 2.80. The van der Waals surface area contributed by atoms with Gasteiger partial charge in [0, 0.05) is 18.2 Å². The van der Waals surface area contributed by atoms with E-state index in [0.717, 1.165) is 30.4 Å². The molecule has 1 heterocycles. The number of hydrogen-bond donors (Lipinski definition) is 0. The van der Waals surface area contributed by atoms with Gasteiger partial charge in [0.1, 0.15) is 12.2 Å². The van der Waals surface area contributed by atoms with Crippen molar-refractivity contribution in [3.8, 4) is 5.88 Å². The first kappa shape index (κ1) is 15.5. The van der Waals surface area contributed by atoms with Crippen molar-refractivity contribution in [2.75, 3.05) is 6.61 Å². The molecule has 1 aliphatic rings. The standard InChI is InChI=1S/C15H22N2O4/c1-15(2,3)21-14(19)17-9-8-13(16-17)20-10-12(18)11-6-4-5-7-11/h8-9,11H,4-7,10H2,1-3H3. The SMILES string of the molecule is CC(C)(C)OC(=O)n1ccc(OCC(=O)C2CCCC2)n1. The second kappa shape index (κ2) is 6.28. The molecule has 0 radical (unpaired) electrons. The summed E-state index contributed by atoms with van der Waals surface area (Å²) in [5.74, 6) is 0.490. The Morgan fingerprint density at radius 2 is 2.00 bits per heavy atom. The van der Waals surface area contributed by atoms with Gasteiger partial charge in [0.25, 0.3) is 0 Å². The van der Waals surface area contributed by atoms with Gasteiger partial charge in [0.15, 0.2) is 5.78 Å². The van der Waals surface area contributed by atoms with Crippen LogP contribution in [0, 0.1) is 5.92 Å². The quantitative estimate of drug-likeness (QED) is 0.854. The first-order valence-electron chi connectivity index (χ1n) is 7.30. The lowest BCUT2D eigenvalue weighted by Gasteiger charge is -2.18. The molecule has 1 aromatic heterocycles. The number of hydrogen-bond acceptors (Lipinski definition) is 5. The van der Waals surface area contributed by atoms with Gasteiger partial charge in [-0.3, -0.25) is 4.79 Å². The highest BCUT2D eigenvalue weighted by Gasteiger charge is 2.23. The monoisotopic (exact) mass is 294 g/mol. The number of aromatic nitrogens is 2. The van der Waals surface area contributed by atoms with Crippen molar-refractivity contribution >= 4 is 11.9 Å². The molecular weight excluding hydrogens is 272 g/mol. The summed E-state index contributed by atoms with van der Waals surface area (Å²) < 4.78 is 11.6. The average molecular weight is 294 g/mol. The van der Waals surface area contributed by atoms with E-state index >= 15 is 0 Å². The summed E-state index contributed by atoms with van der Waals surface area (Å²) in [5.41, 5.74) is -0.581. The second-order valence-corrected chi connectivity index (χ2v) is 6.32. The van der Waals surface area contributed by atoms with Crippen LogP contribution in [0.2, 0.25) is 0 Å². The molecule has 0 saturated heterocycles. The van der Waals surface area contributed by atoms with Gasteiger partial charge in [-0.2, -0.15) is 4.68 Å². The minimum absolute atomic E-state index is 0.00992. The maximum atomic E-state index is 11.9. The van der Waals surface area contributed by atoms with Gasteiger partial charge in [-0.25, -0.2) is 4.79 Å². The van der Waals surface area contributed by atoms with Crippen molar-refractivity contribution in [3.05, 3.63) is 12.3 Å². The minimum atomic E-state index is -0.581. The van der Waals surface area contributed by atoms with Crippen molar-refractivity contribution in [2.45, 2.75) is 52.1 Å². The van der Waals surface area contributed by atoms with Crippen LogP contribution >= 0.6 is 0 Å². The molecule has 1 saturated carbocycles. The molecule has 0 aromatic carbocycles. The number of nitrogens with zero attached hydrogens (tertiary/aromatic N) is 2. The molecule has 0 atom stereocenters. The Balaban J connectivity index is 1.85. The van der Waals surface area contributed by atoms with Crippen LogP contribution in [0.3, 0.4) is 0 Å². The third kappa shape index (κ3) is 4.58. The molecular formula is C15H22N2O4. The topological polar surface area (TPSA) is 70.4 Å². The average Bonchev–Trinajstić information content (AvgIpc) is 3.05. The number of ether oxygens (including phenoxy) is 2. The van der Waals surface area contributed by atoms with Gasteiger partial charge in [-0.05, 0) is 33.6 Å². The molecule has 1 fully saturated rings. The van der Waals surface area contributed by atoms with E-state index in [1.165, 1.54) is 6.20 Å². The Morgan fingerprint density at radius 3 is 2.62 bits per heavy atom. The molecule has 0 unspecified atom stereocenters. The van der Waals surface area contributed by atoms with E-state index in [-0.39, 0.29) is 24.2 Å². The molecule has 0 bridgehead atoms. The number of carbonyl (C=O) groups excluding carboxylic acids is 2. The van der Waals surface area contributed by atoms with Crippen molar-refractivity contribution < 1.29 is 19.1 Å². The van der Waals surface area contributed by atoms with Crippen LogP contribution in [-0.4, -0.2) is 33.9 Å². The Labute approximate surface area is 124 Å². The van der Waals surface area contributed by atoms with Gasteiger partial charge in [-0.15, -0.1) is 5.10 Å². The summed E-state index contributed by atoms with van der Waals surface area (Å²) in [6.45, 7) is 5.36. The zero-order chi connectivity index (χ0) is 15.5. The molecule has 116 valence electrons. The molecule has 0 N–H and O–H groups in total. The van der Waals surface area contributed by atoms with Crippen molar-refractivity contribution in [1.29, 1.82) is 0 Å². The summed E-state index contributed by atoms with van der Waals surface area (Å²) in [7, 11) is 0. The lowest BCUT2D eigenvalue weighted by atomic mass is 10.0. The van der Waals surface area contributed by atoms with Crippen LogP contribution < -0.4 is 4.74 Å². The molecule has 0 amide bonds. The molecule has 1 aromatic rings. The first-order chi connectivity index (χ1) is 9.85. The summed E-state index contributed by atoms with van der Waals surface area (Å²) >= 11 is 0. The maximum absolute atomic E-state index is 11.9. The predicted molar refractivity (Wildman–Crippen MR) is 76.3 cm³/mol. The first-order valence-corrected chi connectivity index (χ1v) is 7.30. The fourth-order valence-corrected chi connectivity index (χ4v) is 2.31. The number of rotatable bonds is 4. The van der Waals surface area contributed by atoms with Crippen molar-refractivity contribution in [2.24, 2.45) is 5.92 Å². The second-order valence-electron chi connectivity index (χ2n) is 6.32. The van der Waals surface area contributed by atoms with E-state index in [2.05, 4.69) is 5.10 Å². The number of Topliss-reactive ketones (excluding diaryl/α,β-unsaturated/α-hetero) is 1. The van der Waals surface area contributed by atoms with Gasteiger partial charge >= 0.3 is 6.09 Å². The van der Waals surface area contributed by atoms with Crippen LogP contribution in [-0.2, 0) is 9.53 Å². The van der Waals surface area contributed by atoms with E-state index < -0.39 is 11.7 Å². The third-order valence-corrected chi connectivity index (χ3v) is 3.32. The van der Waals surface area contributed by atoms with E-state index in [0.29, 0.717) is 0 Å². The summed E-state index contributed by atoms with van der Waals surface area (Å²) in [5, 5.41) is 3.96. The molecule has 6 heteroatoms. The van der Waals surface area contributed by atoms with E-state index in [4.69, 9.17) is 9.47 Å². The Kier molecular flexibility index (Phi) is 4.65. The lowest BCUT2D eigenvalue weighted by molar-refractivity contribution is -0.124. The summed E-state index contributed by atoms with van der Waals surface area (Å²) in [6, 6.07) is 1.55. The summed E-state index contributed by atoms with van der Waals surface area (Å²) in [6.07, 6.45) is 5.03. The molecule has 0 spiro atoms. The lowest BCUT2D eigenvalue weighted by Crippen LogP contribution is -2.27. The molecule has 6 nitrogen and oxygen atoms in total. The molecule has 1 aliphatic carbocycles. The van der Waals surface area contributed by atoms with Crippen LogP contribution in [0.5, 0.6) is 5.88 Å². The van der Waals surface area contributed by atoms with Gasteiger partial charge in [0.2, 0.25) is 5.88 Å². The van der Waals surface area contributed by atoms with Gasteiger partial charge in [-0.1, -0.05) is 12.8 Å². The number of carbonyl (C=O) groups is 2. The highest BCUT2D eigenvalue weighted by atomic mass is 16.6. The molecule has 2 rings (SSSR count). The molecule has 21 heavy (non-hydrogen) atoms. The van der Waals surface area contributed by atoms with E-state index in [9.17, 15) is 9.59 Å². The third-order valence-electron chi connectivity index (χ3n) is 3.32. The van der Waals surface area contributed by atoms with E-state index in [1.54, 1.807) is 26.8 Å². The zero-order valence-electron chi connectivity index (χ0n) is 12.8. The van der Waals surface area contributed by atoms with Crippen LogP contribution in [0.15, 0.2) is 12.3 Å². The van der Waals surface area contributed by atoms with Crippen LogP contribution in [0.25, 0.3) is 0 Å². The van der Waals surface area contributed by atoms with Gasteiger partial charge < -0.3 is 9.47 Å². The smallest absolute Gasteiger partial charge is 0.435 e. The normalized spacial score (nSPS) is 16.0. The Morgan fingerprint density at radius 1 is 1.33 bits per heavy atom. The van der Waals surface area contributed by atoms with Crippen LogP contribution in [0.4, 0.5) is 4.79 Å². The number of ketones is 1. The summed E-state index contributed by atoms with van der Waals surface area (Å²) in [4.78, 5) is 23.7. The van der Waals surface area contributed by atoms with E-state index in [1.807, 2.05) is 0 Å². The highest BCUT2D eigenvalue weighted by Crippen LogP contribution is 2.25.